The lowest BCUT2D eigenvalue weighted by Gasteiger charge is -2.23. The molecule has 1 unspecified atom stereocenters. The van der Waals surface area contributed by atoms with Crippen molar-refractivity contribution in [3.05, 3.63) is 29.6 Å². The minimum atomic E-state index is -0.974. The number of hydrogen-bond donors (Lipinski definition) is 2. The van der Waals surface area contributed by atoms with Crippen molar-refractivity contribution in [2.75, 3.05) is 6.54 Å². The van der Waals surface area contributed by atoms with Gasteiger partial charge < -0.3 is 10.4 Å². The van der Waals surface area contributed by atoms with Gasteiger partial charge in [0.25, 0.3) is 0 Å². The first-order chi connectivity index (χ1) is 7.27. The van der Waals surface area contributed by atoms with Gasteiger partial charge in [0.2, 0.25) is 0 Å². The van der Waals surface area contributed by atoms with Crippen molar-refractivity contribution in [2.45, 2.75) is 25.3 Å². The maximum atomic E-state index is 10.6. The molecule has 1 aromatic rings. The Morgan fingerprint density at radius 3 is 2.87 bits per heavy atom. The second-order valence-electron chi connectivity index (χ2n) is 3.78. The highest BCUT2D eigenvalue weighted by molar-refractivity contribution is 5.85. The van der Waals surface area contributed by atoms with E-state index in [2.05, 4.69) is 10.3 Å². The summed E-state index contributed by atoms with van der Waals surface area (Å²) in [6.07, 6.45) is 5.20. The minimum absolute atomic E-state index is 0.106. The van der Waals surface area contributed by atoms with Crippen LogP contribution in [0.15, 0.2) is 18.3 Å². The molecule has 2 rings (SSSR count). The zero-order valence-corrected chi connectivity index (χ0v) is 8.44. The van der Waals surface area contributed by atoms with Crippen LogP contribution in [0.25, 0.3) is 0 Å². The first kappa shape index (κ1) is 10.1. The smallest absolute Gasteiger partial charge is 0.354 e. The largest absolute Gasteiger partial charge is 0.477 e. The van der Waals surface area contributed by atoms with Gasteiger partial charge in [-0.2, -0.15) is 0 Å². The molecule has 0 aromatic carbocycles. The van der Waals surface area contributed by atoms with E-state index in [0.717, 1.165) is 18.5 Å². The molecule has 2 heterocycles. The van der Waals surface area contributed by atoms with E-state index in [-0.39, 0.29) is 5.69 Å². The summed E-state index contributed by atoms with van der Waals surface area (Å²) in [5, 5.41) is 12.1. The molecule has 1 atom stereocenters. The molecular formula is C11H14N2O2. The fraction of sp³-hybridized carbons (Fsp3) is 0.455. The molecule has 0 spiro atoms. The van der Waals surface area contributed by atoms with Gasteiger partial charge in [-0.05, 0) is 31.0 Å². The summed E-state index contributed by atoms with van der Waals surface area (Å²) < 4.78 is 0. The van der Waals surface area contributed by atoms with Gasteiger partial charge >= 0.3 is 5.97 Å². The van der Waals surface area contributed by atoms with Crippen molar-refractivity contribution in [1.29, 1.82) is 0 Å². The third-order valence-electron chi connectivity index (χ3n) is 2.72. The van der Waals surface area contributed by atoms with E-state index in [0.29, 0.717) is 6.04 Å². The zero-order chi connectivity index (χ0) is 10.7. The number of nitrogens with zero attached hydrogens (tertiary/aromatic N) is 1. The van der Waals surface area contributed by atoms with E-state index in [1.807, 2.05) is 6.07 Å². The van der Waals surface area contributed by atoms with E-state index in [4.69, 9.17) is 5.11 Å². The molecular weight excluding hydrogens is 192 g/mol. The van der Waals surface area contributed by atoms with Crippen LogP contribution < -0.4 is 5.32 Å². The Hall–Kier alpha value is -1.42. The maximum absolute atomic E-state index is 10.6. The number of rotatable bonds is 2. The molecule has 1 saturated heterocycles. The number of nitrogens with one attached hydrogen (secondary N) is 1. The summed E-state index contributed by atoms with van der Waals surface area (Å²) in [6.45, 7) is 1.03. The predicted octanol–water partition coefficient (Wildman–Crippen LogP) is 1.59. The highest BCUT2D eigenvalue weighted by Crippen LogP contribution is 2.21. The van der Waals surface area contributed by atoms with Gasteiger partial charge in [-0.15, -0.1) is 0 Å². The summed E-state index contributed by atoms with van der Waals surface area (Å²) in [5.41, 5.74) is 1.19. The number of pyridine rings is 1. The highest BCUT2D eigenvalue weighted by atomic mass is 16.4. The molecule has 1 aliphatic heterocycles. The van der Waals surface area contributed by atoms with Crippen LogP contribution in [0.1, 0.15) is 41.4 Å². The predicted molar refractivity (Wildman–Crippen MR) is 55.8 cm³/mol. The molecule has 1 aromatic heterocycles. The van der Waals surface area contributed by atoms with Crippen LogP contribution in [0.5, 0.6) is 0 Å². The summed E-state index contributed by atoms with van der Waals surface area (Å²) >= 11 is 0. The number of piperidine rings is 1. The monoisotopic (exact) mass is 206 g/mol. The van der Waals surface area contributed by atoms with Gasteiger partial charge in [-0.25, -0.2) is 9.78 Å². The molecule has 15 heavy (non-hydrogen) atoms. The van der Waals surface area contributed by atoms with Gasteiger partial charge in [-0.3, -0.25) is 0 Å². The van der Waals surface area contributed by atoms with Gasteiger partial charge in [0, 0.05) is 12.2 Å². The van der Waals surface area contributed by atoms with Crippen molar-refractivity contribution in [2.24, 2.45) is 0 Å². The second kappa shape index (κ2) is 4.40. The molecule has 4 nitrogen and oxygen atoms in total. The van der Waals surface area contributed by atoms with Crippen LogP contribution in [0.4, 0.5) is 0 Å². The molecule has 0 saturated carbocycles. The molecule has 80 valence electrons. The maximum Gasteiger partial charge on any atom is 0.354 e. The summed E-state index contributed by atoms with van der Waals surface area (Å²) in [7, 11) is 0. The zero-order valence-electron chi connectivity index (χ0n) is 8.44. The SMILES string of the molecule is O=C(O)c1ccc(C2CCCCN2)cn1. The number of aromatic carboxylic acids is 1. The van der Waals surface area contributed by atoms with Gasteiger partial charge in [0.05, 0.1) is 0 Å². The second-order valence-corrected chi connectivity index (χ2v) is 3.78. The van der Waals surface area contributed by atoms with Crippen molar-refractivity contribution in [3.8, 4) is 0 Å². The normalized spacial score (nSPS) is 21.2. The number of hydrogen-bond acceptors (Lipinski definition) is 3. The third kappa shape index (κ3) is 2.33. The van der Waals surface area contributed by atoms with Gasteiger partial charge in [-0.1, -0.05) is 12.5 Å². The van der Waals surface area contributed by atoms with E-state index in [1.54, 1.807) is 12.3 Å². The Kier molecular flexibility index (Phi) is 2.97. The van der Waals surface area contributed by atoms with Crippen LogP contribution >= 0.6 is 0 Å². The first-order valence-electron chi connectivity index (χ1n) is 5.20. The van der Waals surface area contributed by atoms with Crippen LogP contribution in [-0.4, -0.2) is 22.6 Å². The lowest BCUT2D eigenvalue weighted by Crippen LogP contribution is -2.26. The Morgan fingerprint density at radius 2 is 2.33 bits per heavy atom. The minimum Gasteiger partial charge on any atom is -0.477 e. The summed E-state index contributed by atoms with van der Waals surface area (Å²) in [6, 6.07) is 3.75. The lowest BCUT2D eigenvalue weighted by molar-refractivity contribution is 0.0690. The molecule has 2 N–H and O–H groups in total. The number of carbonyl (C=O) groups is 1. The Morgan fingerprint density at radius 1 is 1.47 bits per heavy atom. The van der Waals surface area contributed by atoms with Crippen molar-refractivity contribution < 1.29 is 9.90 Å². The van der Waals surface area contributed by atoms with E-state index in [1.165, 1.54) is 12.8 Å². The Balaban J connectivity index is 2.11. The van der Waals surface area contributed by atoms with Crippen LogP contribution in [-0.2, 0) is 0 Å². The standard InChI is InChI=1S/C11H14N2O2/c14-11(15)10-5-4-8(7-13-10)9-3-1-2-6-12-9/h4-5,7,9,12H,1-3,6H2,(H,14,15). The van der Waals surface area contributed by atoms with Crippen LogP contribution in [0, 0.1) is 0 Å². The Labute approximate surface area is 88.3 Å². The fourth-order valence-electron chi connectivity index (χ4n) is 1.87. The number of carboxylic acid groups (broad SMARTS) is 1. The Bertz CT molecular complexity index is 342. The summed E-state index contributed by atoms with van der Waals surface area (Å²) in [4.78, 5) is 14.5. The van der Waals surface area contributed by atoms with E-state index < -0.39 is 5.97 Å². The topological polar surface area (TPSA) is 62.2 Å². The van der Waals surface area contributed by atoms with Crippen LogP contribution in [0.3, 0.4) is 0 Å². The number of aromatic nitrogens is 1. The van der Waals surface area contributed by atoms with Crippen molar-refractivity contribution >= 4 is 5.97 Å². The molecule has 1 fully saturated rings. The lowest BCUT2D eigenvalue weighted by atomic mass is 9.99. The van der Waals surface area contributed by atoms with Crippen molar-refractivity contribution in [1.82, 2.24) is 10.3 Å². The molecule has 0 amide bonds. The van der Waals surface area contributed by atoms with Crippen LogP contribution in [0.2, 0.25) is 0 Å². The molecule has 0 aliphatic carbocycles. The molecule has 1 aliphatic rings. The first-order valence-corrected chi connectivity index (χ1v) is 5.20. The molecule has 0 radical (unpaired) electrons. The average molecular weight is 206 g/mol. The van der Waals surface area contributed by atoms with Gasteiger partial charge in [0.15, 0.2) is 0 Å². The molecule has 0 bridgehead atoms. The van der Waals surface area contributed by atoms with E-state index >= 15 is 0 Å². The van der Waals surface area contributed by atoms with E-state index in [9.17, 15) is 4.79 Å². The quantitative estimate of drug-likeness (QED) is 0.771. The fourth-order valence-corrected chi connectivity index (χ4v) is 1.87. The van der Waals surface area contributed by atoms with Gasteiger partial charge in [0.1, 0.15) is 5.69 Å². The number of carboxylic acids is 1. The summed E-state index contributed by atoms with van der Waals surface area (Å²) in [5.74, 6) is -0.974. The average Bonchev–Trinajstić information content (AvgIpc) is 2.30. The molecule has 4 heteroatoms. The van der Waals surface area contributed by atoms with Crippen molar-refractivity contribution in [3.63, 3.8) is 0 Å². The third-order valence-corrected chi connectivity index (χ3v) is 2.72. The highest BCUT2D eigenvalue weighted by Gasteiger charge is 2.15.